The molecule has 1 aliphatic carbocycles. The first-order chi connectivity index (χ1) is 9.21. The van der Waals surface area contributed by atoms with E-state index in [1.165, 1.54) is 37.8 Å². The van der Waals surface area contributed by atoms with Crippen molar-refractivity contribution in [1.29, 1.82) is 0 Å². The van der Waals surface area contributed by atoms with Gasteiger partial charge in [-0.2, -0.15) is 5.10 Å². The lowest BCUT2D eigenvalue weighted by atomic mass is 9.79. The summed E-state index contributed by atoms with van der Waals surface area (Å²) >= 11 is 3.63. The minimum Gasteiger partial charge on any atom is -0.314 e. The van der Waals surface area contributed by atoms with Gasteiger partial charge in [-0.25, -0.2) is 0 Å². The summed E-state index contributed by atoms with van der Waals surface area (Å²) in [5.41, 5.74) is 1.69. The summed E-state index contributed by atoms with van der Waals surface area (Å²) in [5.74, 6) is 0. The SMILES string of the molecule is Cl.Cn1ncc(Br)c1CN1CCNCC12CCCCC2. The van der Waals surface area contributed by atoms with Crippen LogP contribution in [0.3, 0.4) is 0 Å². The Bertz CT molecular complexity index is 415. The normalized spacial score (nSPS) is 22.7. The lowest BCUT2D eigenvalue weighted by Gasteiger charge is -2.50. The largest absolute Gasteiger partial charge is 0.314 e. The summed E-state index contributed by atoms with van der Waals surface area (Å²) in [6, 6.07) is 0. The lowest BCUT2D eigenvalue weighted by molar-refractivity contribution is 0.0190. The van der Waals surface area contributed by atoms with Crippen LogP contribution < -0.4 is 5.32 Å². The quantitative estimate of drug-likeness (QED) is 0.877. The number of rotatable bonds is 2. The van der Waals surface area contributed by atoms with Crippen LogP contribution in [0, 0.1) is 0 Å². The number of hydrogen-bond donors (Lipinski definition) is 1. The van der Waals surface area contributed by atoms with E-state index in [0.29, 0.717) is 5.54 Å². The van der Waals surface area contributed by atoms with Gasteiger partial charge in [0.1, 0.15) is 0 Å². The number of piperazine rings is 1. The van der Waals surface area contributed by atoms with Crippen LogP contribution in [0.1, 0.15) is 37.8 Å². The van der Waals surface area contributed by atoms with Crippen molar-refractivity contribution in [3.8, 4) is 0 Å². The molecule has 20 heavy (non-hydrogen) atoms. The molecule has 0 aromatic carbocycles. The first-order valence-electron chi connectivity index (χ1n) is 7.33. The highest BCUT2D eigenvalue weighted by molar-refractivity contribution is 9.10. The fraction of sp³-hybridized carbons (Fsp3) is 0.786. The van der Waals surface area contributed by atoms with Crippen molar-refractivity contribution in [2.24, 2.45) is 7.05 Å². The highest BCUT2D eigenvalue weighted by atomic mass is 79.9. The summed E-state index contributed by atoms with van der Waals surface area (Å²) < 4.78 is 3.14. The molecule has 0 unspecified atom stereocenters. The van der Waals surface area contributed by atoms with E-state index in [4.69, 9.17) is 0 Å². The average Bonchev–Trinajstić information content (AvgIpc) is 2.74. The molecule has 1 N–H and O–H groups in total. The van der Waals surface area contributed by atoms with Crippen LogP contribution in [0.2, 0.25) is 0 Å². The van der Waals surface area contributed by atoms with Gasteiger partial charge in [0, 0.05) is 38.8 Å². The topological polar surface area (TPSA) is 33.1 Å². The van der Waals surface area contributed by atoms with E-state index in [9.17, 15) is 0 Å². The van der Waals surface area contributed by atoms with E-state index < -0.39 is 0 Å². The first kappa shape index (κ1) is 16.3. The van der Waals surface area contributed by atoms with Gasteiger partial charge in [-0.1, -0.05) is 19.3 Å². The van der Waals surface area contributed by atoms with Gasteiger partial charge >= 0.3 is 0 Å². The Morgan fingerprint density at radius 1 is 1.35 bits per heavy atom. The van der Waals surface area contributed by atoms with Crippen molar-refractivity contribution in [1.82, 2.24) is 20.0 Å². The molecule has 2 aliphatic rings. The van der Waals surface area contributed by atoms with Gasteiger partial charge in [0.15, 0.2) is 0 Å². The summed E-state index contributed by atoms with van der Waals surface area (Å²) in [7, 11) is 2.04. The number of nitrogens with one attached hydrogen (secondary N) is 1. The van der Waals surface area contributed by atoms with Crippen molar-refractivity contribution in [2.75, 3.05) is 19.6 Å². The molecule has 1 saturated heterocycles. The maximum Gasteiger partial charge on any atom is 0.0663 e. The van der Waals surface area contributed by atoms with Gasteiger partial charge in [-0.05, 0) is 28.8 Å². The zero-order valence-corrected chi connectivity index (χ0v) is 14.5. The third-order valence-corrected chi connectivity index (χ3v) is 5.48. The Morgan fingerprint density at radius 3 is 2.75 bits per heavy atom. The van der Waals surface area contributed by atoms with Gasteiger partial charge in [-0.3, -0.25) is 9.58 Å². The minimum atomic E-state index is 0. The molecule has 1 aromatic rings. The number of aromatic nitrogens is 2. The number of hydrogen-bond acceptors (Lipinski definition) is 3. The molecule has 0 amide bonds. The number of halogens is 2. The molecule has 0 atom stereocenters. The van der Waals surface area contributed by atoms with E-state index in [1.807, 2.05) is 17.9 Å². The molecule has 0 radical (unpaired) electrons. The third kappa shape index (κ3) is 3.06. The van der Waals surface area contributed by atoms with Crippen LogP contribution in [0.5, 0.6) is 0 Å². The minimum absolute atomic E-state index is 0. The molecule has 1 aromatic heterocycles. The van der Waals surface area contributed by atoms with Gasteiger partial charge in [0.05, 0.1) is 16.4 Å². The van der Waals surface area contributed by atoms with E-state index in [2.05, 4.69) is 31.2 Å². The smallest absolute Gasteiger partial charge is 0.0663 e. The molecule has 6 heteroatoms. The fourth-order valence-corrected chi connectivity index (χ4v) is 4.10. The Labute approximate surface area is 135 Å². The van der Waals surface area contributed by atoms with E-state index in [0.717, 1.165) is 30.7 Å². The van der Waals surface area contributed by atoms with Gasteiger partial charge < -0.3 is 5.32 Å². The molecular formula is C14H24BrClN4. The second-order valence-electron chi connectivity index (χ2n) is 5.95. The number of nitrogens with zero attached hydrogens (tertiary/aromatic N) is 3. The van der Waals surface area contributed by atoms with Crippen LogP contribution in [0.15, 0.2) is 10.7 Å². The average molecular weight is 364 g/mol. The fourth-order valence-electron chi connectivity index (χ4n) is 3.63. The maximum absolute atomic E-state index is 4.34. The first-order valence-corrected chi connectivity index (χ1v) is 8.13. The van der Waals surface area contributed by atoms with Gasteiger partial charge in [0.25, 0.3) is 0 Å². The Hall–Kier alpha value is -0.100. The molecule has 1 saturated carbocycles. The highest BCUT2D eigenvalue weighted by Crippen LogP contribution is 2.36. The van der Waals surface area contributed by atoms with Crippen molar-refractivity contribution in [3.63, 3.8) is 0 Å². The molecule has 4 nitrogen and oxygen atoms in total. The Kier molecular flexibility index (Phi) is 5.51. The van der Waals surface area contributed by atoms with Crippen molar-refractivity contribution >= 4 is 28.3 Å². The lowest BCUT2D eigenvalue weighted by Crippen LogP contribution is -2.61. The van der Waals surface area contributed by atoms with Crippen LogP contribution in [0.25, 0.3) is 0 Å². The molecular weight excluding hydrogens is 340 g/mol. The van der Waals surface area contributed by atoms with Gasteiger partial charge in [0.2, 0.25) is 0 Å². The van der Waals surface area contributed by atoms with E-state index in [-0.39, 0.29) is 12.4 Å². The van der Waals surface area contributed by atoms with Crippen LogP contribution in [-0.4, -0.2) is 39.9 Å². The zero-order valence-electron chi connectivity index (χ0n) is 12.1. The predicted molar refractivity (Wildman–Crippen MR) is 87.3 cm³/mol. The third-order valence-electron chi connectivity index (χ3n) is 4.82. The standard InChI is InChI=1S/C14H23BrN4.ClH/c1-18-13(12(15)9-17-18)10-19-8-7-16-11-14(19)5-3-2-4-6-14;/h9,16H,2-8,10-11H2,1H3;1H. The molecule has 1 aliphatic heterocycles. The second kappa shape index (κ2) is 6.77. The van der Waals surface area contributed by atoms with Crippen LogP contribution >= 0.6 is 28.3 Å². The molecule has 1 spiro atoms. The molecule has 2 heterocycles. The molecule has 2 fully saturated rings. The molecule has 0 bridgehead atoms. The van der Waals surface area contributed by atoms with Crippen LogP contribution in [-0.2, 0) is 13.6 Å². The summed E-state index contributed by atoms with van der Waals surface area (Å²) in [5, 5.41) is 7.95. The van der Waals surface area contributed by atoms with Gasteiger partial charge in [-0.15, -0.1) is 12.4 Å². The highest BCUT2D eigenvalue weighted by Gasteiger charge is 2.39. The predicted octanol–water partition coefficient (Wildman–Crippen LogP) is 2.71. The molecule has 114 valence electrons. The van der Waals surface area contributed by atoms with Crippen molar-refractivity contribution in [3.05, 3.63) is 16.4 Å². The maximum atomic E-state index is 4.34. The molecule has 3 rings (SSSR count). The summed E-state index contributed by atoms with van der Waals surface area (Å²) in [6.07, 6.45) is 8.76. The number of aryl methyl sites for hydroxylation is 1. The second-order valence-corrected chi connectivity index (χ2v) is 6.80. The van der Waals surface area contributed by atoms with Crippen molar-refractivity contribution < 1.29 is 0 Å². The Balaban J connectivity index is 0.00000147. The van der Waals surface area contributed by atoms with Crippen LogP contribution in [0.4, 0.5) is 0 Å². The van der Waals surface area contributed by atoms with Crippen molar-refractivity contribution in [2.45, 2.75) is 44.2 Å². The zero-order chi connectivity index (χ0) is 13.3. The van der Waals surface area contributed by atoms with E-state index >= 15 is 0 Å². The monoisotopic (exact) mass is 362 g/mol. The summed E-state index contributed by atoms with van der Waals surface area (Å²) in [4.78, 5) is 2.70. The Morgan fingerprint density at radius 2 is 2.10 bits per heavy atom. The van der Waals surface area contributed by atoms with E-state index in [1.54, 1.807) is 0 Å². The summed E-state index contributed by atoms with van der Waals surface area (Å²) in [6.45, 7) is 4.43.